The van der Waals surface area contributed by atoms with Crippen LogP contribution >= 0.6 is 0 Å². The molecule has 1 saturated carbocycles. The average Bonchev–Trinajstić information content (AvgIpc) is 3.47. The van der Waals surface area contributed by atoms with Crippen LogP contribution in [0.2, 0.25) is 0 Å². The van der Waals surface area contributed by atoms with E-state index in [-0.39, 0.29) is 23.8 Å². The Morgan fingerprint density at radius 3 is 2.59 bits per heavy atom. The van der Waals surface area contributed by atoms with E-state index in [4.69, 9.17) is 5.11 Å². The fourth-order valence-corrected chi connectivity index (χ4v) is 4.00. The first-order valence-corrected chi connectivity index (χ1v) is 10.6. The predicted molar refractivity (Wildman–Crippen MR) is 113 cm³/mol. The molecule has 1 fully saturated rings. The van der Waals surface area contributed by atoms with Crippen molar-refractivity contribution in [2.24, 2.45) is 5.92 Å². The number of pyridine rings is 1. The lowest BCUT2D eigenvalue weighted by molar-refractivity contribution is -0.133. The summed E-state index contributed by atoms with van der Waals surface area (Å²) in [5.74, 6) is -0.968. The minimum absolute atomic E-state index is 0.0327. The van der Waals surface area contributed by atoms with Crippen LogP contribution in [0.5, 0.6) is 0 Å². The largest absolute Gasteiger partial charge is 0.478 e. The minimum atomic E-state index is -1.08. The molecular formula is C23H24FN5O3. The van der Waals surface area contributed by atoms with Crippen LogP contribution in [0.1, 0.15) is 53.7 Å². The Morgan fingerprint density at radius 2 is 1.88 bits per heavy atom. The summed E-state index contributed by atoms with van der Waals surface area (Å²) in [6.07, 6.45) is 9.35. The maximum absolute atomic E-state index is 13.3. The summed E-state index contributed by atoms with van der Waals surface area (Å²) in [7, 11) is 0. The highest BCUT2D eigenvalue weighted by atomic mass is 19.1. The number of halogens is 1. The van der Waals surface area contributed by atoms with Crippen molar-refractivity contribution in [2.75, 3.05) is 0 Å². The number of carbonyl (C=O) groups excluding carboxylic acids is 1. The highest BCUT2D eigenvalue weighted by molar-refractivity contribution is 5.87. The molecular weight excluding hydrogens is 413 g/mol. The fourth-order valence-electron chi connectivity index (χ4n) is 4.00. The lowest BCUT2D eigenvalue weighted by Gasteiger charge is -2.23. The van der Waals surface area contributed by atoms with E-state index in [0.717, 1.165) is 31.2 Å². The zero-order valence-corrected chi connectivity index (χ0v) is 17.5. The van der Waals surface area contributed by atoms with Crippen LogP contribution in [0.15, 0.2) is 48.9 Å². The van der Waals surface area contributed by atoms with Crippen molar-refractivity contribution in [2.45, 2.75) is 45.2 Å². The third-order valence-corrected chi connectivity index (χ3v) is 5.71. The van der Waals surface area contributed by atoms with Crippen LogP contribution < -0.4 is 0 Å². The van der Waals surface area contributed by atoms with Crippen LogP contribution in [0.25, 0.3) is 5.69 Å². The first kappa shape index (κ1) is 21.6. The summed E-state index contributed by atoms with van der Waals surface area (Å²) in [4.78, 5) is 29.9. The number of rotatable bonds is 8. The maximum atomic E-state index is 13.3. The standard InChI is InChI=1S/C23H24FN5O3/c24-19-7-5-17(6-8-19)13-28(22(30)9-16-3-1-2-4-16)14-20-15-29(27-26-20)21-10-18(23(31)32)11-25-12-21/h5-8,10-12,15-16H,1-4,9,13-14H2,(H,31,32). The molecule has 3 aromatic rings. The lowest BCUT2D eigenvalue weighted by atomic mass is 10.0. The second-order valence-corrected chi connectivity index (χ2v) is 8.12. The molecule has 0 atom stereocenters. The number of carboxylic acids is 1. The van der Waals surface area contributed by atoms with Gasteiger partial charge < -0.3 is 10.0 Å². The van der Waals surface area contributed by atoms with Crippen LogP contribution in [0.3, 0.4) is 0 Å². The van der Waals surface area contributed by atoms with Crippen LogP contribution in [0, 0.1) is 11.7 Å². The van der Waals surface area contributed by atoms with Gasteiger partial charge in [-0.05, 0) is 42.5 Å². The van der Waals surface area contributed by atoms with Crippen LogP contribution in [-0.2, 0) is 17.9 Å². The zero-order valence-electron chi connectivity index (χ0n) is 17.5. The molecule has 0 bridgehead atoms. The van der Waals surface area contributed by atoms with E-state index in [2.05, 4.69) is 15.3 Å². The Labute approximate surface area is 184 Å². The molecule has 2 aromatic heterocycles. The summed E-state index contributed by atoms with van der Waals surface area (Å²) >= 11 is 0. The van der Waals surface area contributed by atoms with E-state index in [9.17, 15) is 14.0 Å². The molecule has 32 heavy (non-hydrogen) atoms. The summed E-state index contributed by atoms with van der Waals surface area (Å²) < 4.78 is 14.7. The SMILES string of the molecule is O=C(O)c1cncc(-n2cc(CN(Cc3ccc(F)cc3)C(=O)CC3CCCC3)nn2)c1. The third-order valence-electron chi connectivity index (χ3n) is 5.71. The summed E-state index contributed by atoms with van der Waals surface area (Å²) in [5, 5.41) is 17.4. The number of nitrogens with zero attached hydrogens (tertiary/aromatic N) is 5. The number of carboxylic acid groups (broad SMARTS) is 1. The number of amides is 1. The number of benzene rings is 1. The Kier molecular flexibility index (Phi) is 6.53. The Hall–Kier alpha value is -3.62. The van der Waals surface area contributed by atoms with Gasteiger partial charge in [0.05, 0.1) is 30.2 Å². The van der Waals surface area contributed by atoms with Gasteiger partial charge in [0.2, 0.25) is 5.91 Å². The van der Waals surface area contributed by atoms with E-state index in [1.807, 2.05) is 0 Å². The molecule has 2 heterocycles. The number of aromatic carboxylic acids is 1. The van der Waals surface area contributed by atoms with Crippen molar-refractivity contribution in [3.8, 4) is 5.69 Å². The van der Waals surface area contributed by atoms with E-state index >= 15 is 0 Å². The van der Waals surface area contributed by atoms with Gasteiger partial charge in [-0.1, -0.05) is 30.2 Å². The number of aromatic nitrogens is 4. The first-order chi connectivity index (χ1) is 15.5. The van der Waals surface area contributed by atoms with Gasteiger partial charge in [0.1, 0.15) is 11.5 Å². The van der Waals surface area contributed by atoms with Crippen LogP contribution in [-0.4, -0.2) is 41.9 Å². The molecule has 1 amide bonds. The quantitative estimate of drug-likeness (QED) is 0.578. The summed E-state index contributed by atoms with van der Waals surface area (Å²) in [5.41, 5.74) is 1.90. The van der Waals surface area contributed by atoms with Gasteiger partial charge in [-0.3, -0.25) is 9.78 Å². The Morgan fingerprint density at radius 1 is 1.12 bits per heavy atom. The van der Waals surface area contributed by atoms with Crippen molar-refractivity contribution < 1.29 is 19.1 Å². The van der Waals surface area contributed by atoms with E-state index < -0.39 is 5.97 Å². The second-order valence-electron chi connectivity index (χ2n) is 8.12. The maximum Gasteiger partial charge on any atom is 0.337 e. The molecule has 1 aromatic carbocycles. The molecule has 1 aliphatic rings. The molecule has 0 unspecified atom stereocenters. The van der Waals surface area contributed by atoms with Gasteiger partial charge in [0, 0.05) is 19.2 Å². The molecule has 1 aliphatic carbocycles. The van der Waals surface area contributed by atoms with E-state index in [1.165, 1.54) is 35.3 Å². The Balaban J connectivity index is 1.52. The van der Waals surface area contributed by atoms with E-state index in [1.54, 1.807) is 23.2 Å². The van der Waals surface area contributed by atoms with Gasteiger partial charge in [0.25, 0.3) is 0 Å². The molecule has 166 valence electrons. The van der Waals surface area contributed by atoms with Crippen molar-refractivity contribution in [1.29, 1.82) is 0 Å². The summed E-state index contributed by atoms with van der Waals surface area (Å²) in [6.45, 7) is 0.587. The van der Waals surface area contributed by atoms with Crippen molar-refractivity contribution in [3.63, 3.8) is 0 Å². The molecule has 0 aliphatic heterocycles. The number of hydrogen-bond donors (Lipinski definition) is 1. The van der Waals surface area contributed by atoms with Crippen molar-refractivity contribution >= 4 is 11.9 Å². The van der Waals surface area contributed by atoms with Gasteiger partial charge in [-0.2, -0.15) is 0 Å². The second kappa shape index (κ2) is 9.67. The summed E-state index contributed by atoms with van der Waals surface area (Å²) in [6, 6.07) is 7.56. The normalized spacial score (nSPS) is 13.9. The fraction of sp³-hybridized carbons (Fsp3) is 0.348. The minimum Gasteiger partial charge on any atom is -0.478 e. The topological polar surface area (TPSA) is 101 Å². The number of hydrogen-bond acceptors (Lipinski definition) is 5. The number of carbonyl (C=O) groups is 2. The van der Waals surface area contributed by atoms with Crippen molar-refractivity contribution in [1.82, 2.24) is 24.9 Å². The Bertz CT molecular complexity index is 1090. The van der Waals surface area contributed by atoms with Gasteiger partial charge in [-0.25, -0.2) is 13.9 Å². The third kappa shape index (κ3) is 5.35. The lowest BCUT2D eigenvalue weighted by Crippen LogP contribution is -2.31. The predicted octanol–water partition coefficient (Wildman–Crippen LogP) is 3.61. The highest BCUT2D eigenvalue weighted by Crippen LogP contribution is 2.28. The zero-order chi connectivity index (χ0) is 22.5. The molecule has 0 saturated heterocycles. The van der Waals surface area contributed by atoms with Gasteiger partial charge in [0.15, 0.2) is 0 Å². The molecule has 4 rings (SSSR count). The first-order valence-electron chi connectivity index (χ1n) is 10.6. The average molecular weight is 437 g/mol. The van der Waals surface area contributed by atoms with Gasteiger partial charge in [-0.15, -0.1) is 5.10 Å². The molecule has 8 nitrogen and oxygen atoms in total. The van der Waals surface area contributed by atoms with Crippen molar-refractivity contribution in [3.05, 3.63) is 71.6 Å². The molecule has 1 N–H and O–H groups in total. The molecule has 0 spiro atoms. The highest BCUT2D eigenvalue weighted by Gasteiger charge is 2.23. The van der Waals surface area contributed by atoms with E-state index in [0.29, 0.717) is 30.3 Å². The molecule has 9 heteroatoms. The van der Waals surface area contributed by atoms with Gasteiger partial charge >= 0.3 is 5.97 Å². The monoisotopic (exact) mass is 437 g/mol. The molecule has 0 radical (unpaired) electrons. The van der Waals surface area contributed by atoms with Crippen LogP contribution in [0.4, 0.5) is 4.39 Å². The smallest absolute Gasteiger partial charge is 0.337 e.